The van der Waals surface area contributed by atoms with Gasteiger partial charge in [-0.1, -0.05) is 0 Å². The molecule has 21 heavy (non-hydrogen) atoms. The Morgan fingerprint density at radius 1 is 0.810 bits per heavy atom. The Labute approximate surface area is 124 Å². The summed E-state index contributed by atoms with van der Waals surface area (Å²) in [5.74, 6) is -1.01. The minimum Gasteiger partial charge on any atom is -0.480 e. The average Bonchev–Trinajstić information content (AvgIpc) is 2.37. The summed E-state index contributed by atoms with van der Waals surface area (Å²) in [7, 11) is -3.41. The third-order valence-electron chi connectivity index (χ3n) is 1.87. The summed E-state index contributed by atoms with van der Waals surface area (Å²) in [6, 6.07) is 0. The lowest BCUT2D eigenvalue weighted by molar-refractivity contribution is -0.142. The molecule has 0 atom stereocenters. The number of carboxylic acid groups (broad SMARTS) is 1. The smallest absolute Gasteiger partial charge is 0.329 e. The fraction of sp³-hybridized carbons (Fsp3) is 0.909. The predicted molar refractivity (Wildman–Crippen MR) is 71.7 cm³/mol. The molecule has 0 bridgehead atoms. The molecule has 10 heteroatoms. The minimum atomic E-state index is -3.41. The molecule has 0 saturated carbocycles. The van der Waals surface area contributed by atoms with Gasteiger partial charge in [0.25, 0.3) is 10.1 Å². The van der Waals surface area contributed by atoms with Gasteiger partial charge in [0.05, 0.1) is 59.1 Å². The van der Waals surface area contributed by atoms with E-state index in [9.17, 15) is 13.2 Å². The van der Waals surface area contributed by atoms with Gasteiger partial charge in [-0.3, -0.25) is 4.18 Å². The van der Waals surface area contributed by atoms with Crippen molar-refractivity contribution in [1.82, 2.24) is 0 Å². The van der Waals surface area contributed by atoms with Crippen molar-refractivity contribution in [3.8, 4) is 0 Å². The largest absolute Gasteiger partial charge is 0.480 e. The Balaban J connectivity index is 3.07. The fourth-order valence-electron chi connectivity index (χ4n) is 1.06. The van der Waals surface area contributed by atoms with Crippen LogP contribution in [0, 0.1) is 0 Å². The molecule has 0 aromatic carbocycles. The van der Waals surface area contributed by atoms with E-state index in [0.29, 0.717) is 33.0 Å². The van der Waals surface area contributed by atoms with E-state index >= 15 is 0 Å². The molecule has 9 nitrogen and oxygen atoms in total. The zero-order valence-corrected chi connectivity index (χ0v) is 12.8. The first kappa shape index (κ1) is 20.2. The van der Waals surface area contributed by atoms with Crippen LogP contribution in [-0.4, -0.2) is 85.2 Å². The Hall–Kier alpha value is -0.780. The van der Waals surface area contributed by atoms with Gasteiger partial charge in [0.15, 0.2) is 0 Å². The molecule has 0 heterocycles. The van der Waals surface area contributed by atoms with E-state index in [1.165, 1.54) is 0 Å². The van der Waals surface area contributed by atoms with Crippen LogP contribution in [0.3, 0.4) is 0 Å². The van der Waals surface area contributed by atoms with Crippen LogP contribution in [0.1, 0.15) is 0 Å². The quantitative estimate of drug-likeness (QED) is 0.301. The molecule has 0 aromatic heterocycles. The van der Waals surface area contributed by atoms with Crippen LogP contribution in [-0.2, 0) is 38.0 Å². The Morgan fingerprint density at radius 3 is 1.57 bits per heavy atom. The normalized spacial score (nSPS) is 11.7. The van der Waals surface area contributed by atoms with Crippen molar-refractivity contribution in [2.45, 2.75) is 0 Å². The molecule has 0 aromatic rings. The van der Waals surface area contributed by atoms with Gasteiger partial charge >= 0.3 is 5.97 Å². The molecule has 0 aliphatic heterocycles. The lowest BCUT2D eigenvalue weighted by atomic mass is 10.7. The zero-order chi connectivity index (χ0) is 16.0. The highest BCUT2D eigenvalue weighted by Crippen LogP contribution is 1.87. The number of carboxylic acids is 1. The van der Waals surface area contributed by atoms with Crippen molar-refractivity contribution in [2.75, 3.05) is 65.7 Å². The molecule has 0 unspecified atom stereocenters. The molecule has 0 amide bonds. The maximum absolute atomic E-state index is 10.6. The molecule has 0 saturated heterocycles. The van der Waals surface area contributed by atoms with Crippen LogP contribution in [0.2, 0.25) is 0 Å². The number of hydrogen-bond acceptors (Lipinski definition) is 8. The van der Waals surface area contributed by atoms with Gasteiger partial charge in [-0.2, -0.15) is 8.42 Å². The molecular weight excluding hydrogens is 308 g/mol. The van der Waals surface area contributed by atoms with Gasteiger partial charge in [-0.05, 0) is 0 Å². The van der Waals surface area contributed by atoms with E-state index in [-0.39, 0.29) is 26.4 Å². The van der Waals surface area contributed by atoms with Gasteiger partial charge in [0, 0.05) is 0 Å². The maximum Gasteiger partial charge on any atom is 0.329 e. The molecule has 1 N–H and O–H groups in total. The first-order chi connectivity index (χ1) is 9.92. The first-order valence-corrected chi connectivity index (χ1v) is 8.10. The summed E-state index contributed by atoms with van der Waals surface area (Å²) in [5.41, 5.74) is 0. The second kappa shape index (κ2) is 12.9. The fourth-order valence-corrected chi connectivity index (χ4v) is 1.43. The number of aliphatic carboxylic acids is 1. The van der Waals surface area contributed by atoms with Crippen molar-refractivity contribution in [1.29, 1.82) is 0 Å². The van der Waals surface area contributed by atoms with E-state index in [1.807, 2.05) is 0 Å². The highest BCUT2D eigenvalue weighted by molar-refractivity contribution is 7.85. The molecule has 126 valence electrons. The minimum absolute atomic E-state index is 0.0156. The van der Waals surface area contributed by atoms with Crippen molar-refractivity contribution in [2.24, 2.45) is 0 Å². The van der Waals surface area contributed by atoms with Gasteiger partial charge in [0.2, 0.25) is 0 Å². The van der Waals surface area contributed by atoms with Gasteiger partial charge in [0.1, 0.15) is 6.61 Å². The van der Waals surface area contributed by atoms with Crippen molar-refractivity contribution >= 4 is 16.1 Å². The molecule has 0 fully saturated rings. The lowest BCUT2D eigenvalue weighted by Crippen LogP contribution is -2.15. The van der Waals surface area contributed by atoms with E-state index in [4.69, 9.17) is 24.1 Å². The highest BCUT2D eigenvalue weighted by Gasteiger charge is 2.00. The summed E-state index contributed by atoms with van der Waals surface area (Å²) in [6.07, 6.45) is 0.975. The van der Waals surface area contributed by atoms with Gasteiger partial charge in [-0.15, -0.1) is 0 Å². The number of ether oxygens (including phenoxy) is 4. The standard InChI is InChI=1S/C11H22O9S/c1-21(14,15)20-9-8-18-5-4-16-2-3-17-6-7-19-10-11(12)13/h2-10H2,1H3,(H,12,13). The summed E-state index contributed by atoms with van der Waals surface area (Å²) in [4.78, 5) is 10.1. The topological polar surface area (TPSA) is 118 Å². The molecule has 0 radical (unpaired) electrons. The zero-order valence-electron chi connectivity index (χ0n) is 12.0. The number of rotatable bonds is 15. The van der Waals surface area contributed by atoms with Gasteiger partial charge in [-0.25, -0.2) is 4.79 Å². The Kier molecular flexibility index (Phi) is 12.4. The second-order valence-electron chi connectivity index (χ2n) is 3.81. The van der Waals surface area contributed by atoms with E-state index < -0.39 is 16.1 Å². The Bertz CT molecular complexity index is 355. The maximum atomic E-state index is 10.6. The monoisotopic (exact) mass is 330 g/mol. The summed E-state index contributed by atoms with van der Waals surface area (Å²) in [5, 5.41) is 8.30. The molecular formula is C11H22O9S. The second-order valence-corrected chi connectivity index (χ2v) is 5.45. The van der Waals surface area contributed by atoms with E-state index in [0.717, 1.165) is 6.26 Å². The first-order valence-electron chi connectivity index (χ1n) is 6.29. The van der Waals surface area contributed by atoms with Crippen LogP contribution in [0.15, 0.2) is 0 Å². The summed E-state index contributed by atoms with van der Waals surface area (Å²) >= 11 is 0. The average molecular weight is 330 g/mol. The van der Waals surface area contributed by atoms with E-state index in [1.54, 1.807) is 0 Å². The van der Waals surface area contributed by atoms with Crippen molar-refractivity contribution in [3.05, 3.63) is 0 Å². The molecule has 0 aliphatic carbocycles. The van der Waals surface area contributed by atoms with Crippen molar-refractivity contribution in [3.63, 3.8) is 0 Å². The van der Waals surface area contributed by atoms with Crippen LogP contribution in [0.4, 0.5) is 0 Å². The number of hydrogen-bond donors (Lipinski definition) is 1. The van der Waals surface area contributed by atoms with E-state index in [2.05, 4.69) is 4.18 Å². The van der Waals surface area contributed by atoms with Crippen LogP contribution < -0.4 is 0 Å². The number of carbonyl (C=O) groups is 1. The third kappa shape index (κ3) is 19.2. The molecule has 0 spiro atoms. The predicted octanol–water partition coefficient (Wildman–Crippen LogP) is -0.886. The van der Waals surface area contributed by atoms with Crippen LogP contribution >= 0.6 is 0 Å². The van der Waals surface area contributed by atoms with Crippen molar-refractivity contribution < 1.29 is 41.4 Å². The Morgan fingerprint density at radius 2 is 1.19 bits per heavy atom. The lowest BCUT2D eigenvalue weighted by Gasteiger charge is -2.07. The van der Waals surface area contributed by atoms with Crippen LogP contribution in [0.5, 0.6) is 0 Å². The van der Waals surface area contributed by atoms with Crippen LogP contribution in [0.25, 0.3) is 0 Å². The van der Waals surface area contributed by atoms with Gasteiger partial charge < -0.3 is 24.1 Å². The third-order valence-corrected chi connectivity index (χ3v) is 2.46. The summed E-state index contributed by atoms with van der Waals surface area (Å²) in [6.45, 7) is 1.78. The molecule has 0 aliphatic rings. The SMILES string of the molecule is CS(=O)(=O)OCCOCCOCCOCCOCC(=O)O. The summed E-state index contributed by atoms with van der Waals surface area (Å²) < 4.78 is 45.8. The highest BCUT2D eigenvalue weighted by atomic mass is 32.2. The molecule has 0 rings (SSSR count).